The van der Waals surface area contributed by atoms with Gasteiger partial charge in [-0.25, -0.2) is 0 Å². The average molecular weight is 2090 g/mol. The molecule has 0 unspecified atom stereocenters. The Hall–Kier alpha value is -18.1. The van der Waals surface area contributed by atoms with Crippen molar-refractivity contribution >= 4 is 188 Å². The van der Waals surface area contributed by atoms with Crippen LogP contribution in [0, 0.1) is 0 Å². The molecule has 0 aliphatic carbocycles. The van der Waals surface area contributed by atoms with Crippen LogP contribution in [0.25, 0.3) is 291 Å². The third-order valence-electron chi connectivity index (χ3n) is 28.8. The maximum atomic E-state index is 5.19. The number of nitrogens with zero attached hydrogens (tertiary/aromatic N) is 9. The molecule has 24 aromatic carbocycles. The summed E-state index contributed by atoms with van der Waals surface area (Å²) in [6.07, 6.45) is 0. The van der Waals surface area contributed by atoms with Crippen molar-refractivity contribution in [1.82, 2.24) is 44.9 Å². The molecule has 694 valence electrons. The van der Waals surface area contributed by atoms with E-state index in [0.29, 0.717) is 52.4 Å². The predicted molar refractivity (Wildman–Crippen MR) is 626 cm³/mol. The Balaban J connectivity index is 0.000000108. The van der Waals surface area contributed by atoms with Gasteiger partial charge in [-0.15, -0.1) is 0 Å². The van der Waals surface area contributed by atoms with Crippen LogP contribution in [0.5, 0.6) is 0 Å². The second kappa shape index (κ2) is 37.8. The molecule has 0 spiro atoms. The van der Waals surface area contributed by atoms with Crippen molar-refractivity contribution in [2.75, 3.05) is 0 Å². The van der Waals surface area contributed by atoms with Crippen LogP contribution in [0.2, 0.25) is 0 Å². The van der Waals surface area contributed by atoms with E-state index in [0.717, 1.165) is 87.8 Å². The summed E-state index contributed by atoms with van der Waals surface area (Å²) in [5.41, 5.74) is 19.0. The van der Waals surface area contributed by atoms with Crippen LogP contribution in [-0.4, -0.2) is 88.4 Å². The molecular weight excluding hydrogens is 2010 g/mol. The van der Waals surface area contributed by atoms with Gasteiger partial charge in [-0.2, -0.15) is 0 Å². The Morgan fingerprint density at radius 1 is 0.107 bits per heavy atom. The minimum Gasteiger partial charge on any atom is -0.0544 e. The van der Waals surface area contributed by atoms with Gasteiger partial charge in [0.2, 0.25) is 0 Å². The molecule has 6 heterocycles. The average Bonchev–Trinajstić information content (AvgIpc) is 1.56. The van der Waals surface area contributed by atoms with Crippen LogP contribution >= 0.6 is 0 Å². The Kier molecular flexibility index (Phi) is 22.5. The summed E-state index contributed by atoms with van der Waals surface area (Å²) in [7, 11) is 0. The van der Waals surface area contributed by atoms with Crippen molar-refractivity contribution in [3.8, 4) is 147 Å². The van der Waals surface area contributed by atoms with Gasteiger partial charge < -0.3 is 0 Å². The van der Waals surface area contributed by atoms with E-state index in [4.69, 9.17) is 44.9 Å². The summed E-state index contributed by atoms with van der Waals surface area (Å²) in [5, 5.41) is 27.0. The van der Waals surface area contributed by atoms with E-state index in [-0.39, 0.29) is 43.5 Å². The molecule has 0 saturated heterocycles. The molecule has 0 radical (unpaired) electrons. The van der Waals surface area contributed by atoms with Gasteiger partial charge in [-0.3, -0.25) is 0 Å². The minimum atomic E-state index is 0.122. The molecule has 0 bridgehead atoms. The zero-order valence-corrected chi connectivity index (χ0v) is 85.3. The molecule has 0 N–H and O–H groups in total. The van der Waals surface area contributed by atoms with E-state index in [1.54, 1.807) is 0 Å². The van der Waals surface area contributed by atoms with E-state index in [9.17, 15) is 0 Å². The van der Waals surface area contributed by atoms with Gasteiger partial charge in [-0.05, 0) is 21.5 Å². The van der Waals surface area contributed by atoms with Gasteiger partial charge in [0.15, 0.2) is 0 Å². The fraction of sp³-hybridized carbons (Fsp3) is 0. The normalized spacial score (nSPS) is 11.6. The van der Waals surface area contributed by atoms with E-state index in [2.05, 4.69) is 467 Å². The van der Waals surface area contributed by atoms with Crippen molar-refractivity contribution in [1.29, 1.82) is 0 Å². The topological polar surface area (TPSA) is 116 Å². The van der Waals surface area contributed by atoms with Gasteiger partial charge in [0.05, 0.1) is 0 Å². The van der Waals surface area contributed by atoms with Crippen LogP contribution in [0.1, 0.15) is 0 Å². The quantitative estimate of drug-likeness (QED) is 0.104. The zero-order valence-electron chi connectivity index (χ0n) is 80.2. The van der Waals surface area contributed by atoms with Gasteiger partial charge >= 0.3 is 752 Å². The summed E-state index contributed by atoms with van der Waals surface area (Å²) < 4.78 is 8.69. The number of hydrogen-bond acceptors (Lipinski definition) is 9. The smallest absolute Gasteiger partial charge is 0.0544 e. The summed E-state index contributed by atoms with van der Waals surface area (Å²) in [4.78, 5) is 46.0. The molecule has 149 heavy (non-hydrogen) atoms. The van der Waals surface area contributed by atoms with Crippen molar-refractivity contribution < 1.29 is 0 Å². The number of benzene rings is 24. The molecule has 0 saturated carbocycles. The first kappa shape index (κ1) is 88.6. The predicted octanol–water partition coefficient (Wildman–Crippen LogP) is 34.6. The van der Waals surface area contributed by atoms with Crippen LogP contribution in [-0.2, 0) is 0 Å². The van der Waals surface area contributed by atoms with Gasteiger partial charge in [0, 0.05) is 0 Å². The standard InChI is InChI=1S/C51H31N3Se.C45H27N3Se.C41H25N3Se/c1-2-14-34(15-3-1)49-52-50(38-27-25-33-13-5-7-17-36(33)31-38)54-51(53-49)46-29-28-42(40-18-8-9-19-41(40)46)43-21-11-23-45-44-22-10-20-39(47(44)55-48(43)45)37-26-24-32-12-4-6-16-35(32)30-37;1-3-12-30-26-32(24-22-28(30)10-1)43-46-44(33-25-23-29-11-2-4-13-31(29)27-33)48-45(47-43)40-20-8-15-34-35(16-7-17-36(34)40)38-18-9-19-39-37-14-5-6-21-41(37)49-42(38)39;1-2-12-27(13-3-1)39-42-40(29-22-21-26-11-4-5-14-28(26)25-29)44-41(43-39)36-24-23-32(30-15-6-7-16-31(30)36)34-18-10-19-35-33-17-8-9-20-37(33)45-38(34)35/h1-31H;1-27H;1-25H. The summed E-state index contributed by atoms with van der Waals surface area (Å²) in [6.45, 7) is 0. The van der Waals surface area contributed by atoms with Gasteiger partial charge in [-0.1, -0.05) is 109 Å². The number of rotatable bonds is 13. The molecule has 6 aromatic heterocycles. The molecule has 30 rings (SSSR count). The Morgan fingerprint density at radius 2 is 0.315 bits per heavy atom. The fourth-order valence-corrected chi connectivity index (χ4v) is 29.5. The molecule has 0 atom stereocenters. The third-order valence-corrected chi connectivity index (χ3v) is 36.6. The molecule has 9 nitrogen and oxygen atoms in total. The van der Waals surface area contributed by atoms with Crippen molar-refractivity contribution in [2.24, 2.45) is 0 Å². The van der Waals surface area contributed by atoms with Crippen molar-refractivity contribution in [3.05, 3.63) is 504 Å². The second-order valence-corrected chi connectivity index (χ2v) is 44.2. The van der Waals surface area contributed by atoms with Crippen molar-refractivity contribution in [3.63, 3.8) is 0 Å². The molecular formula is C137H83N9Se3. The van der Waals surface area contributed by atoms with Crippen LogP contribution in [0.3, 0.4) is 0 Å². The first-order valence-electron chi connectivity index (χ1n) is 50.0. The molecule has 0 aliphatic rings. The molecule has 0 amide bonds. The summed E-state index contributed by atoms with van der Waals surface area (Å²) >= 11 is 0.632. The van der Waals surface area contributed by atoms with E-state index in [1.165, 1.54) is 151 Å². The Bertz CT molecular complexity index is 10500. The zero-order chi connectivity index (χ0) is 98.4. The molecule has 12 heteroatoms. The molecule has 0 fully saturated rings. The van der Waals surface area contributed by atoms with Gasteiger partial charge in [0.1, 0.15) is 0 Å². The van der Waals surface area contributed by atoms with Crippen LogP contribution in [0.15, 0.2) is 504 Å². The van der Waals surface area contributed by atoms with E-state index >= 15 is 0 Å². The number of fused-ring (bicyclic) bond motifs is 17. The van der Waals surface area contributed by atoms with Crippen LogP contribution in [0.4, 0.5) is 0 Å². The Labute approximate surface area is 875 Å². The first-order chi connectivity index (χ1) is 73.8. The second-order valence-electron chi connectivity index (χ2n) is 37.6. The van der Waals surface area contributed by atoms with E-state index < -0.39 is 0 Å². The summed E-state index contributed by atoms with van der Waals surface area (Å²) in [5.74, 6) is 5.97. The summed E-state index contributed by atoms with van der Waals surface area (Å²) in [6, 6.07) is 179. The minimum absolute atomic E-state index is 0.122. The number of hydrogen-bond donors (Lipinski definition) is 0. The van der Waals surface area contributed by atoms with Crippen LogP contribution < -0.4 is 0 Å². The third kappa shape index (κ3) is 16.4. The maximum absolute atomic E-state index is 5.19. The monoisotopic (exact) mass is 2090 g/mol. The molecule has 0 aliphatic heterocycles. The van der Waals surface area contributed by atoms with E-state index in [1.807, 2.05) is 36.4 Å². The Morgan fingerprint density at radius 3 is 0.664 bits per heavy atom. The fourth-order valence-electron chi connectivity index (χ4n) is 21.5. The van der Waals surface area contributed by atoms with Crippen molar-refractivity contribution in [2.45, 2.75) is 0 Å². The molecule has 30 aromatic rings. The SMILES string of the molecule is c1ccc(-c2nc(-c3ccc4ccccc4c3)nc(-c3ccc(-c4cccc5c4[se]c4c(-c6ccc7ccccc7c6)cccc45)c4ccccc34)n2)cc1.c1ccc(-c2nc(-c3ccc4ccccc4c3)nc(-c3ccc(-c4cccc5c4[se]c4ccccc45)c4ccccc34)n2)cc1.c1ccc2cc(-c3nc(-c4ccc5ccccc5c4)nc(-c4cccc5c(-c6cccc7c6[se]c6ccccc67)cccc45)n3)ccc2c1. The number of aromatic nitrogens is 9. The van der Waals surface area contributed by atoms with Gasteiger partial charge in [0.25, 0.3) is 0 Å². The first-order valence-corrected chi connectivity index (χ1v) is 55.1.